The van der Waals surface area contributed by atoms with Crippen molar-refractivity contribution in [3.05, 3.63) is 35.9 Å². The molecule has 6 N–H and O–H groups in total. The van der Waals surface area contributed by atoms with Gasteiger partial charge >= 0.3 is 0 Å². The third-order valence-corrected chi connectivity index (χ3v) is 7.02. The number of alkyl halides is 1. The Labute approximate surface area is 231 Å². The summed E-state index contributed by atoms with van der Waals surface area (Å²) in [4.78, 5) is 68.3. The van der Waals surface area contributed by atoms with Crippen LogP contribution in [0.1, 0.15) is 38.2 Å². The standard InChI is InChI=1S/C25H35ClN6O5S/c1-16(33)38-15-22(35)30-19(13-17-7-3-2-4-8-17)24(37)32-12-6-10-20(32)23(36)31-18(21(34)14-26)9-5-11-29-25(27)28/h2-4,7-8,18-20H,5-6,9-15H2,1H3,(H,30,35)(H,31,36)(H4,27,28,29)/t18?,19-,20+/m1/s1. The van der Waals surface area contributed by atoms with Crippen molar-refractivity contribution in [2.45, 2.75) is 57.2 Å². The Morgan fingerprint density at radius 2 is 1.84 bits per heavy atom. The number of halogens is 1. The fourth-order valence-corrected chi connectivity index (χ4v) is 4.74. The molecule has 1 aromatic rings. The molecule has 1 fully saturated rings. The maximum Gasteiger partial charge on any atom is 0.246 e. The van der Waals surface area contributed by atoms with Crippen molar-refractivity contribution >= 4 is 57.9 Å². The Morgan fingerprint density at radius 1 is 1.13 bits per heavy atom. The first kappa shape index (κ1) is 31.1. The molecule has 3 atom stereocenters. The van der Waals surface area contributed by atoms with Gasteiger partial charge in [-0.3, -0.25) is 29.0 Å². The lowest BCUT2D eigenvalue weighted by molar-refractivity contribution is -0.141. The molecule has 38 heavy (non-hydrogen) atoms. The van der Waals surface area contributed by atoms with Crippen LogP contribution in [0.15, 0.2) is 35.3 Å². The van der Waals surface area contributed by atoms with Gasteiger partial charge in [0.25, 0.3) is 0 Å². The topological polar surface area (TPSA) is 177 Å². The zero-order valence-corrected chi connectivity index (χ0v) is 22.9. The molecule has 11 nitrogen and oxygen atoms in total. The number of carbonyl (C=O) groups excluding carboxylic acids is 5. The smallest absolute Gasteiger partial charge is 0.246 e. The third-order valence-electron chi connectivity index (χ3n) is 5.94. The molecule has 1 heterocycles. The van der Waals surface area contributed by atoms with Crippen molar-refractivity contribution < 1.29 is 24.0 Å². The maximum atomic E-state index is 13.6. The van der Waals surface area contributed by atoms with Crippen LogP contribution in [0.2, 0.25) is 0 Å². The molecule has 0 spiro atoms. The van der Waals surface area contributed by atoms with E-state index in [1.807, 2.05) is 30.3 Å². The minimum absolute atomic E-state index is 0.0635. The minimum Gasteiger partial charge on any atom is -0.370 e. The van der Waals surface area contributed by atoms with Crippen molar-refractivity contribution in [3.63, 3.8) is 0 Å². The minimum atomic E-state index is -0.925. The predicted molar refractivity (Wildman–Crippen MR) is 148 cm³/mol. The molecule has 1 saturated heterocycles. The molecule has 0 radical (unpaired) electrons. The van der Waals surface area contributed by atoms with Gasteiger partial charge < -0.3 is 27.0 Å². The van der Waals surface area contributed by atoms with Crippen LogP contribution in [-0.4, -0.2) is 82.3 Å². The van der Waals surface area contributed by atoms with Gasteiger partial charge in [-0.25, -0.2) is 0 Å². The second-order valence-electron chi connectivity index (χ2n) is 8.89. The van der Waals surface area contributed by atoms with Crippen LogP contribution in [0.4, 0.5) is 0 Å². The van der Waals surface area contributed by atoms with E-state index in [0.717, 1.165) is 17.3 Å². The van der Waals surface area contributed by atoms with Crippen molar-refractivity contribution in [3.8, 4) is 0 Å². The van der Waals surface area contributed by atoms with Gasteiger partial charge in [0.2, 0.25) is 17.7 Å². The van der Waals surface area contributed by atoms with E-state index in [-0.39, 0.29) is 41.3 Å². The lowest BCUT2D eigenvalue weighted by Gasteiger charge is -2.30. The summed E-state index contributed by atoms with van der Waals surface area (Å²) in [7, 11) is 0. The van der Waals surface area contributed by atoms with Crippen LogP contribution in [-0.2, 0) is 30.4 Å². The number of likely N-dealkylation sites (tertiary alicyclic amines) is 1. The normalized spacial score (nSPS) is 16.3. The van der Waals surface area contributed by atoms with E-state index in [1.54, 1.807) is 0 Å². The number of ketones is 1. The second kappa shape index (κ2) is 16.0. The van der Waals surface area contributed by atoms with E-state index in [9.17, 15) is 24.0 Å². The van der Waals surface area contributed by atoms with E-state index in [2.05, 4.69) is 15.6 Å². The summed E-state index contributed by atoms with van der Waals surface area (Å²) in [5.41, 5.74) is 11.5. The lowest BCUT2D eigenvalue weighted by atomic mass is 10.0. The van der Waals surface area contributed by atoms with Crippen LogP contribution in [0.5, 0.6) is 0 Å². The van der Waals surface area contributed by atoms with Gasteiger partial charge in [-0.2, -0.15) is 0 Å². The molecule has 0 saturated carbocycles. The number of aliphatic imine (C=N–C) groups is 1. The van der Waals surface area contributed by atoms with E-state index >= 15 is 0 Å². The quantitative estimate of drug-likeness (QED) is 0.108. The zero-order valence-electron chi connectivity index (χ0n) is 21.4. The Morgan fingerprint density at radius 3 is 2.47 bits per heavy atom. The monoisotopic (exact) mass is 566 g/mol. The Bertz CT molecular complexity index is 1020. The molecular formula is C25H35ClN6O5S. The Kier molecular flexibility index (Phi) is 13.1. The number of hydrogen-bond donors (Lipinski definition) is 4. The summed E-state index contributed by atoms with van der Waals surface area (Å²) in [5.74, 6) is -2.11. The highest BCUT2D eigenvalue weighted by Gasteiger charge is 2.38. The third kappa shape index (κ3) is 10.3. The molecule has 0 aromatic heterocycles. The van der Waals surface area contributed by atoms with E-state index < -0.39 is 35.8 Å². The van der Waals surface area contributed by atoms with Crippen LogP contribution in [0.25, 0.3) is 0 Å². The lowest BCUT2D eigenvalue weighted by Crippen LogP contribution is -2.56. The van der Waals surface area contributed by atoms with E-state index in [1.165, 1.54) is 11.8 Å². The number of benzene rings is 1. The fraction of sp³-hybridized carbons (Fsp3) is 0.520. The zero-order chi connectivity index (χ0) is 28.1. The number of guanidine groups is 1. The summed E-state index contributed by atoms with van der Waals surface area (Å²) in [6.45, 7) is 1.99. The summed E-state index contributed by atoms with van der Waals surface area (Å²) < 4.78 is 0. The second-order valence-corrected chi connectivity index (χ2v) is 10.3. The number of nitrogens with one attached hydrogen (secondary N) is 2. The average molecular weight is 567 g/mol. The molecule has 1 aliphatic rings. The Balaban J connectivity index is 2.14. The molecule has 208 valence electrons. The first-order valence-corrected chi connectivity index (χ1v) is 13.9. The summed E-state index contributed by atoms with van der Waals surface area (Å²) in [6, 6.07) is 6.63. The van der Waals surface area contributed by atoms with Crippen LogP contribution >= 0.6 is 23.4 Å². The molecule has 13 heteroatoms. The number of rotatable bonds is 14. The van der Waals surface area contributed by atoms with Gasteiger partial charge in [0.05, 0.1) is 17.7 Å². The Hall–Kier alpha value is -3.12. The maximum absolute atomic E-state index is 13.6. The number of thioether (sulfide) groups is 1. The highest BCUT2D eigenvalue weighted by atomic mass is 35.5. The first-order chi connectivity index (χ1) is 18.1. The average Bonchev–Trinajstić information content (AvgIpc) is 3.38. The van der Waals surface area contributed by atoms with Gasteiger partial charge in [-0.15, -0.1) is 11.6 Å². The summed E-state index contributed by atoms with van der Waals surface area (Å²) in [5, 5.41) is 5.26. The van der Waals surface area contributed by atoms with Crippen molar-refractivity contribution in [2.24, 2.45) is 16.5 Å². The molecule has 1 unspecified atom stereocenters. The number of nitrogens with two attached hydrogens (primary N) is 2. The number of nitrogens with zero attached hydrogens (tertiary/aromatic N) is 2. The SMILES string of the molecule is CC(=O)SCC(=O)N[C@H](Cc1ccccc1)C(=O)N1CCC[C@H]1C(=O)NC(CCCN=C(N)N)C(=O)CCl. The molecule has 3 amide bonds. The summed E-state index contributed by atoms with van der Waals surface area (Å²) >= 11 is 6.60. The van der Waals surface area contributed by atoms with Gasteiger partial charge in [0.1, 0.15) is 12.1 Å². The van der Waals surface area contributed by atoms with Crippen LogP contribution in [0, 0.1) is 0 Å². The van der Waals surface area contributed by atoms with Gasteiger partial charge in [-0.05, 0) is 31.2 Å². The number of Topliss-reactive ketones (excluding diaryl/α,β-unsaturated/α-hetero) is 1. The van der Waals surface area contributed by atoms with Gasteiger partial charge in [0.15, 0.2) is 16.9 Å². The molecule has 1 aromatic carbocycles. The van der Waals surface area contributed by atoms with Crippen molar-refractivity contribution in [2.75, 3.05) is 24.7 Å². The van der Waals surface area contributed by atoms with E-state index in [4.69, 9.17) is 23.1 Å². The number of amides is 3. The highest BCUT2D eigenvalue weighted by Crippen LogP contribution is 2.20. The molecular weight excluding hydrogens is 532 g/mol. The van der Waals surface area contributed by atoms with Gasteiger partial charge in [0, 0.05) is 26.4 Å². The largest absolute Gasteiger partial charge is 0.370 e. The van der Waals surface area contributed by atoms with Crippen LogP contribution in [0.3, 0.4) is 0 Å². The predicted octanol–water partition coefficient (Wildman–Crippen LogP) is 0.331. The molecule has 1 aliphatic heterocycles. The molecule has 0 bridgehead atoms. The molecule has 2 rings (SSSR count). The number of hydrogen-bond acceptors (Lipinski definition) is 7. The highest BCUT2D eigenvalue weighted by molar-refractivity contribution is 8.14. The molecule has 0 aliphatic carbocycles. The van der Waals surface area contributed by atoms with Crippen LogP contribution < -0.4 is 22.1 Å². The van der Waals surface area contributed by atoms with Gasteiger partial charge in [-0.1, -0.05) is 42.1 Å². The van der Waals surface area contributed by atoms with Crippen molar-refractivity contribution in [1.29, 1.82) is 0 Å². The van der Waals surface area contributed by atoms with E-state index in [0.29, 0.717) is 32.4 Å². The fourth-order valence-electron chi connectivity index (χ4n) is 4.13. The first-order valence-electron chi connectivity index (χ1n) is 12.3. The summed E-state index contributed by atoms with van der Waals surface area (Å²) in [6.07, 6.45) is 1.96. The van der Waals surface area contributed by atoms with Crippen molar-refractivity contribution in [1.82, 2.24) is 15.5 Å². The number of carbonyl (C=O) groups is 5.